The van der Waals surface area contributed by atoms with Crippen LogP contribution >= 0.6 is 24.0 Å². The van der Waals surface area contributed by atoms with Crippen molar-refractivity contribution in [3.63, 3.8) is 0 Å². The summed E-state index contributed by atoms with van der Waals surface area (Å²) in [5.41, 5.74) is 9.39. The van der Waals surface area contributed by atoms with Gasteiger partial charge in [-0.25, -0.2) is 4.99 Å². The summed E-state index contributed by atoms with van der Waals surface area (Å²) < 4.78 is 0. The van der Waals surface area contributed by atoms with Crippen LogP contribution in [-0.4, -0.2) is 17.5 Å². The van der Waals surface area contributed by atoms with Gasteiger partial charge < -0.3 is 16.0 Å². The lowest BCUT2D eigenvalue weighted by Gasteiger charge is -2.05. The number of hydrogen-bond acceptors (Lipinski definition) is 1. The van der Waals surface area contributed by atoms with Crippen molar-refractivity contribution in [2.24, 2.45) is 10.7 Å². The summed E-state index contributed by atoms with van der Waals surface area (Å²) in [6.07, 6.45) is 0.934. The molecule has 0 saturated carbocycles. The zero-order valence-electron chi connectivity index (χ0n) is 12.8. The van der Waals surface area contributed by atoms with E-state index in [1.807, 2.05) is 30.3 Å². The molecule has 3 aromatic rings. The predicted molar refractivity (Wildman–Crippen MR) is 107 cm³/mol. The molecule has 4 N–H and O–H groups in total. The molecule has 1 heterocycles. The van der Waals surface area contributed by atoms with Crippen molar-refractivity contribution in [2.75, 3.05) is 6.54 Å². The van der Waals surface area contributed by atoms with Gasteiger partial charge >= 0.3 is 0 Å². The summed E-state index contributed by atoms with van der Waals surface area (Å²) in [6, 6.07) is 20.6. The van der Waals surface area contributed by atoms with E-state index >= 15 is 0 Å². The van der Waals surface area contributed by atoms with Crippen LogP contribution in [0.4, 0.5) is 0 Å². The van der Waals surface area contributed by atoms with Crippen LogP contribution in [0.5, 0.6) is 0 Å². The average Bonchev–Trinajstić information content (AvgIpc) is 2.97. The quantitative estimate of drug-likeness (QED) is 0.337. The Balaban J connectivity index is 0.00000192. The minimum Gasteiger partial charge on any atom is -0.370 e. The molecule has 0 fully saturated rings. The number of aliphatic imine (C=N–C) groups is 1. The van der Waals surface area contributed by atoms with Crippen LogP contribution < -0.4 is 11.1 Å². The number of benzene rings is 2. The first kappa shape index (κ1) is 17.3. The molecular formula is C18H21IN4. The molecule has 0 saturated heterocycles. The van der Waals surface area contributed by atoms with E-state index in [1.165, 1.54) is 10.9 Å². The Morgan fingerprint density at radius 3 is 2.57 bits per heavy atom. The van der Waals surface area contributed by atoms with E-state index in [9.17, 15) is 0 Å². The Morgan fingerprint density at radius 1 is 1.04 bits per heavy atom. The molecule has 0 bridgehead atoms. The molecule has 0 amide bonds. The molecule has 2 aromatic carbocycles. The molecule has 0 unspecified atom stereocenters. The molecule has 0 spiro atoms. The van der Waals surface area contributed by atoms with Gasteiger partial charge in [0.05, 0.1) is 6.54 Å². The van der Waals surface area contributed by atoms with Gasteiger partial charge in [0, 0.05) is 17.8 Å². The minimum absolute atomic E-state index is 0. The summed E-state index contributed by atoms with van der Waals surface area (Å²) in [5, 5.41) is 4.35. The second kappa shape index (κ2) is 8.57. The highest BCUT2D eigenvalue weighted by atomic mass is 127. The van der Waals surface area contributed by atoms with E-state index in [-0.39, 0.29) is 24.0 Å². The van der Waals surface area contributed by atoms with E-state index < -0.39 is 0 Å². The third-order valence-corrected chi connectivity index (χ3v) is 3.57. The van der Waals surface area contributed by atoms with Crippen molar-refractivity contribution in [2.45, 2.75) is 13.0 Å². The van der Waals surface area contributed by atoms with Crippen LogP contribution in [0.25, 0.3) is 10.9 Å². The molecular weight excluding hydrogens is 399 g/mol. The second-order valence-corrected chi connectivity index (χ2v) is 5.25. The summed E-state index contributed by atoms with van der Waals surface area (Å²) in [7, 11) is 0. The first-order chi connectivity index (χ1) is 10.8. The number of para-hydroxylation sites is 1. The zero-order chi connectivity index (χ0) is 15.2. The molecule has 0 aliphatic rings. The smallest absolute Gasteiger partial charge is 0.188 e. The molecule has 3 rings (SSSR count). The number of nitrogens with zero attached hydrogens (tertiary/aromatic N) is 1. The zero-order valence-corrected chi connectivity index (χ0v) is 15.2. The van der Waals surface area contributed by atoms with Gasteiger partial charge in [-0.05, 0) is 29.5 Å². The predicted octanol–water partition coefficient (Wildman–Crippen LogP) is 3.43. The van der Waals surface area contributed by atoms with Crippen molar-refractivity contribution < 1.29 is 0 Å². The van der Waals surface area contributed by atoms with Gasteiger partial charge in [0.15, 0.2) is 5.96 Å². The lowest BCUT2D eigenvalue weighted by Crippen LogP contribution is -2.33. The Labute approximate surface area is 153 Å². The number of fused-ring (bicyclic) bond motifs is 1. The van der Waals surface area contributed by atoms with E-state index in [0.717, 1.165) is 24.2 Å². The SMILES string of the molecule is I.NC(=NCc1cc2ccccc2[nH]1)NCCc1ccccc1. The molecule has 4 nitrogen and oxygen atoms in total. The molecule has 1 aromatic heterocycles. The van der Waals surface area contributed by atoms with Crippen LogP contribution in [0.2, 0.25) is 0 Å². The molecule has 23 heavy (non-hydrogen) atoms. The number of hydrogen-bond donors (Lipinski definition) is 3. The Kier molecular flexibility index (Phi) is 6.46. The molecule has 120 valence electrons. The van der Waals surface area contributed by atoms with E-state index in [0.29, 0.717) is 12.5 Å². The highest BCUT2D eigenvalue weighted by molar-refractivity contribution is 14.0. The molecule has 0 aliphatic heterocycles. The van der Waals surface area contributed by atoms with Crippen LogP contribution in [-0.2, 0) is 13.0 Å². The summed E-state index contributed by atoms with van der Waals surface area (Å²) in [5.74, 6) is 0.481. The fraction of sp³-hybridized carbons (Fsp3) is 0.167. The number of guanidine groups is 1. The monoisotopic (exact) mass is 420 g/mol. The largest absolute Gasteiger partial charge is 0.370 e. The highest BCUT2D eigenvalue weighted by Crippen LogP contribution is 2.14. The standard InChI is InChI=1S/C18H20N4.HI/c19-18(20-11-10-14-6-2-1-3-7-14)21-13-16-12-15-8-4-5-9-17(15)22-16;/h1-9,12,22H,10-11,13H2,(H3,19,20,21);1H. The van der Waals surface area contributed by atoms with Gasteiger partial charge in [-0.2, -0.15) is 0 Å². The fourth-order valence-electron chi connectivity index (χ4n) is 2.42. The number of aromatic nitrogens is 1. The first-order valence-corrected chi connectivity index (χ1v) is 7.45. The van der Waals surface area contributed by atoms with Crippen molar-refractivity contribution in [3.05, 3.63) is 71.9 Å². The topological polar surface area (TPSA) is 66.2 Å². The fourth-order valence-corrected chi connectivity index (χ4v) is 2.42. The summed E-state index contributed by atoms with van der Waals surface area (Å²) in [6.45, 7) is 1.34. The number of H-pyrrole nitrogens is 1. The molecule has 5 heteroatoms. The van der Waals surface area contributed by atoms with E-state index in [4.69, 9.17) is 5.73 Å². The van der Waals surface area contributed by atoms with Crippen LogP contribution in [0.15, 0.2) is 65.7 Å². The third kappa shape index (κ3) is 4.99. The Morgan fingerprint density at radius 2 is 1.78 bits per heavy atom. The van der Waals surface area contributed by atoms with Crippen molar-refractivity contribution in [1.29, 1.82) is 0 Å². The van der Waals surface area contributed by atoms with Gasteiger partial charge in [-0.15, -0.1) is 24.0 Å². The lowest BCUT2D eigenvalue weighted by molar-refractivity contribution is 0.846. The molecule has 0 radical (unpaired) electrons. The minimum atomic E-state index is 0. The van der Waals surface area contributed by atoms with Crippen LogP contribution in [0.1, 0.15) is 11.3 Å². The van der Waals surface area contributed by atoms with Gasteiger partial charge in [-0.3, -0.25) is 0 Å². The number of nitrogens with two attached hydrogens (primary N) is 1. The Hall–Kier alpha value is -2.02. The average molecular weight is 420 g/mol. The lowest BCUT2D eigenvalue weighted by atomic mass is 10.1. The maximum absolute atomic E-state index is 5.90. The number of halogens is 1. The van der Waals surface area contributed by atoms with Crippen LogP contribution in [0.3, 0.4) is 0 Å². The molecule has 0 atom stereocenters. The number of aromatic amines is 1. The Bertz CT molecular complexity index is 732. The van der Waals surface area contributed by atoms with E-state index in [2.05, 4.69) is 45.6 Å². The van der Waals surface area contributed by atoms with Crippen LogP contribution in [0, 0.1) is 0 Å². The normalized spacial score (nSPS) is 11.2. The number of nitrogens with one attached hydrogen (secondary N) is 2. The van der Waals surface area contributed by atoms with E-state index in [1.54, 1.807) is 0 Å². The molecule has 0 aliphatic carbocycles. The first-order valence-electron chi connectivity index (χ1n) is 7.45. The summed E-state index contributed by atoms with van der Waals surface area (Å²) in [4.78, 5) is 7.72. The van der Waals surface area contributed by atoms with Crippen molar-refractivity contribution in [1.82, 2.24) is 10.3 Å². The van der Waals surface area contributed by atoms with Gasteiger partial charge in [0.1, 0.15) is 0 Å². The van der Waals surface area contributed by atoms with Crippen molar-refractivity contribution >= 4 is 40.8 Å². The number of rotatable bonds is 5. The second-order valence-electron chi connectivity index (χ2n) is 5.25. The van der Waals surface area contributed by atoms with Gasteiger partial charge in [0.2, 0.25) is 0 Å². The maximum atomic E-state index is 5.90. The maximum Gasteiger partial charge on any atom is 0.188 e. The van der Waals surface area contributed by atoms with Gasteiger partial charge in [-0.1, -0.05) is 48.5 Å². The van der Waals surface area contributed by atoms with Gasteiger partial charge in [0.25, 0.3) is 0 Å². The summed E-state index contributed by atoms with van der Waals surface area (Å²) >= 11 is 0. The highest BCUT2D eigenvalue weighted by Gasteiger charge is 1.99. The van der Waals surface area contributed by atoms with Crippen molar-refractivity contribution in [3.8, 4) is 0 Å². The third-order valence-electron chi connectivity index (χ3n) is 3.57.